The first-order chi connectivity index (χ1) is 8.72. The fourth-order valence-electron chi connectivity index (χ4n) is 2.44. The standard InChI is InChI=1S/C13H19N3O2/c1-9-7-15-4-5-16(9)8-13-17-11-3-2-10(14)6-12(11)18-13/h2-3,6,9,13,15H,4-5,7-8,14H2,1H3. The molecule has 0 saturated carbocycles. The molecule has 98 valence electrons. The Morgan fingerprint density at radius 3 is 3.06 bits per heavy atom. The Kier molecular flexibility index (Phi) is 3.01. The number of nitrogens with zero attached hydrogens (tertiary/aromatic N) is 1. The highest BCUT2D eigenvalue weighted by Gasteiger charge is 2.28. The molecule has 2 aliphatic heterocycles. The first-order valence-corrected chi connectivity index (χ1v) is 6.40. The molecule has 18 heavy (non-hydrogen) atoms. The molecule has 1 saturated heterocycles. The topological polar surface area (TPSA) is 59.8 Å². The number of nitrogens with one attached hydrogen (secondary N) is 1. The van der Waals surface area contributed by atoms with Crippen LogP contribution in [-0.4, -0.2) is 43.4 Å². The lowest BCUT2D eigenvalue weighted by atomic mass is 10.2. The van der Waals surface area contributed by atoms with E-state index in [1.807, 2.05) is 18.2 Å². The van der Waals surface area contributed by atoms with Crippen molar-refractivity contribution in [3.63, 3.8) is 0 Å². The highest BCUT2D eigenvalue weighted by Crippen LogP contribution is 2.36. The molecule has 3 rings (SSSR count). The molecular formula is C13H19N3O2. The Balaban J connectivity index is 1.63. The van der Waals surface area contributed by atoms with E-state index in [4.69, 9.17) is 15.2 Å². The van der Waals surface area contributed by atoms with Crippen molar-refractivity contribution in [2.24, 2.45) is 0 Å². The van der Waals surface area contributed by atoms with Gasteiger partial charge in [-0.2, -0.15) is 0 Å². The zero-order chi connectivity index (χ0) is 12.5. The smallest absolute Gasteiger partial charge is 0.254 e. The molecule has 1 fully saturated rings. The minimum Gasteiger partial charge on any atom is -0.450 e. The first-order valence-electron chi connectivity index (χ1n) is 6.40. The molecule has 3 N–H and O–H groups in total. The van der Waals surface area contributed by atoms with Crippen LogP contribution in [0.4, 0.5) is 5.69 Å². The summed E-state index contributed by atoms with van der Waals surface area (Å²) in [5.74, 6) is 1.54. The maximum atomic E-state index is 5.77. The number of fused-ring (bicyclic) bond motifs is 1. The van der Waals surface area contributed by atoms with Crippen LogP contribution in [0.1, 0.15) is 6.92 Å². The van der Waals surface area contributed by atoms with Gasteiger partial charge in [0.15, 0.2) is 11.5 Å². The van der Waals surface area contributed by atoms with E-state index in [2.05, 4.69) is 17.1 Å². The van der Waals surface area contributed by atoms with Crippen LogP contribution < -0.4 is 20.5 Å². The van der Waals surface area contributed by atoms with E-state index in [0.29, 0.717) is 11.7 Å². The maximum absolute atomic E-state index is 5.77. The molecule has 0 amide bonds. The predicted octanol–water partition coefficient (Wildman–Crippen LogP) is 0.660. The number of hydrogen-bond acceptors (Lipinski definition) is 5. The van der Waals surface area contributed by atoms with E-state index in [9.17, 15) is 0 Å². The van der Waals surface area contributed by atoms with Gasteiger partial charge in [-0.1, -0.05) is 0 Å². The van der Waals surface area contributed by atoms with Crippen LogP contribution in [0.5, 0.6) is 11.5 Å². The Bertz CT molecular complexity index is 438. The average molecular weight is 249 g/mol. The molecule has 0 aromatic heterocycles. The SMILES string of the molecule is CC1CNCCN1CC1Oc2ccc(N)cc2O1. The Morgan fingerprint density at radius 1 is 1.39 bits per heavy atom. The van der Waals surface area contributed by atoms with Gasteiger partial charge >= 0.3 is 0 Å². The molecule has 0 radical (unpaired) electrons. The molecule has 5 heteroatoms. The van der Waals surface area contributed by atoms with Crippen molar-refractivity contribution in [2.75, 3.05) is 31.9 Å². The molecule has 1 aromatic rings. The van der Waals surface area contributed by atoms with Gasteiger partial charge in [-0.05, 0) is 19.1 Å². The van der Waals surface area contributed by atoms with Crippen LogP contribution in [-0.2, 0) is 0 Å². The van der Waals surface area contributed by atoms with Crippen LogP contribution in [0.15, 0.2) is 18.2 Å². The first kappa shape index (κ1) is 11.6. The third-order valence-electron chi connectivity index (χ3n) is 3.51. The lowest BCUT2D eigenvalue weighted by Crippen LogP contribution is -2.52. The summed E-state index contributed by atoms with van der Waals surface area (Å²) in [5, 5.41) is 3.37. The molecule has 0 spiro atoms. The monoisotopic (exact) mass is 249 g/mol. The van der Waals surface area contributed by atoms with Gasteiger partial charge in [-0.15, -0.1) is 0 Å². The summed E-state index contributed by atoms with van der Waals surface area (Å²) in [7, 11) is 0. The van der Waals surface area contributed by atoms with Crippen molar-refractivity contribution in [1.82, 2.24) is 10.2 Å². The van der Waals surface area contributed by atoms with Crippen LogP contribution >= 0.6 is 0 Å². The van der Waals surface area contributed by atoms with Crippen molar-refractivity contribution in [3.8, 4) is 11.5 Å². The summed E-state index contributed by atoms with van der Waals surface area (Å²) < 4.78 is 11.5. The number of hydrogen-bond donors (Lipinski definition) is 2. The number of nitrogen functional groups attached to an aromatic ring is 1. The van der Waals surface area contributed by atoms with Crippen LogP contribution in [0.2, 0.25) is 0 Å². The van der Waals surface area contributed by atoms with Gasteiger partial charge in [0, 0.05) is 37.4 Å². The molecule has 0 bridgehead atoms. The number of nitrogens with two attached hydrogens (primary N) is 1. The van der Waals surface area contributed by atoms with Gasteiger partial charge < -0.3 is 20.5 Å². The third kappa shape index (κ3) is 2.23. The van der Waals surface area contributed by atoms with E-state index in [1.165, 1.54) is 0 Å². The molecule has 2 heterocycles. The van der Waals surface area contributed by atoms with Gasteiger partial charge in [-0.25, -0.2) is 0 Å². The maximum Gasteiger partial charge on any atom is 0.254 e. The van der Waals surface area contributed by atoms with Crippen molar-refractivity contribution < 1.29 is 9.47 Å². The molecule has 2 atom stereocenters. The number of ether oxygens (including phenoxy) is 2. The number of piperazine rings is 1. The van der Waals surface area contributed by atoms with E-state index in [1.54, 1.807) is 0 Å². The van der Waals surface area contributed by atoms with E-state index < -0.39 is 0 Å². The summed E-state index contributed by atoms with van der Waals surface area (Å²) in [6, 6.07) is 6.03. The van der Waals surface area contributed by atoms with E-state index >= 15 is 0 Å². The van der Waals surface area contributed by atoms with Crippen LogP contribution in [0.25, 0.3) is 0 Å². The van der Waals surface area contributed by atoms with Gasteiger partial charge in [0.05, 0.1) is 6.54 Å². The summed E-state index contributed by atoms with van der Waals surface area (Å²) in [4.78, 5) is 2.39. The molecule has 5 nitrogen and oxygen atoms in total. The predicted molar refractivity (Wildman–Crippen MR) is 69.8 cm³/mol. The number of anilines is 1. The lowest BCUT2D eigenvalue weighted by Gasteiger charge is -2.34. The Hall–Kier alpha value is -1.46. The summed E-state index contributed by atoms with van der Waals surface area (Å²) in [6.07, 6.45) is -0.220. The van der Waals surface area contributed by atoms with Crippen molar-refractivity contribution in [3.05, 3.63) is 18.2 Å². The van der Waals surface area contributed by atoms with Crippen molar-refractivity contribution >= 4 is 5.69 Å². The Labute approximate surface area is 107 Å². The molecule has 2 aliphatic rings. The second kappa shape index (κ2) is 4.66. The van der Waals surface area contributed by atoms with E-state index in [-0.39, 0.29) is 6.29 Å². The molecular weight excluding hydrogens is 230 g/mol. The Morgan fingerprint density at radius 2 is 2.22 bits per heavy atom. The molecule has 2 unspecified atom stereocenters. The summed E-state index contributed by atoms with van der Waals surface area (Å²) >= 11 is 0. The van der Waals surface area contributed by atoms with Gasteiger partial charge in [0.2, 0.25) is 0 Å². The molecule has 1 aromatic carbocycles. The largest absolute Gasteiger partial charge is 0.450 e. The summed E-state index contributed by atoms with van der Waals surface area (Å²) in [6.45, 7) is 6.08. The van der Waals surface area contributed by atoms with E-state index in [0.717, 1.165) is 37.7 Å². The highest BCUT2D eigenvalue weighted by atomic mass is 16.7. The summed E-state index contributed by atoms with van der Waals surface area (Å²) in [5.41, 5.74) is 6.43. The quantitative estimate of drug-likeness (QED) is 0.754. The van der Waals surface area contributed by atoms with Crippen molar-refractivity contribution in [2.45, 2.75) is 19.3 Å². The average Bonchev–Trinajstić information content (AvgIpc) is 2.73. The van der Waals surface area contributed by atoms with Crippen LogP contribution in [0.3, 0.4) is 0 Å². The van der Waals surface area contributed by atoms with Gasteiger partial charge in [0.1, 0.15) is 0 Å². The normalized spacial score (nSPS) is 27.4. The fraction of sp³-hybridized carbons (Fsp3) is 0.538. The second-order valence-electron chi connectivity index (χ2n) is 4.92. The number of benzene rings is 1. The lowest BCUT2D eigenvalue weighted by molar-refractivity contribution is 0.000127. The zero-order valence-electron chi connectivity index (χ0n) is 10.6. The van der Waals surface area contributed by atoms with Crippen molar-refractivity contribution in [1.29, 1.82) is 0 Å². The highest BCUT2D eigenvalue weighted by molar-refractivity contribution is 5.53. The van der Waals surface area contributed by atoms with Crippen LogP contribution in [0, 0.1) is 0 Å². The third-order valence-corrected chi connectivity index (χ3v) is 3.51. The minimum atomic E-state index is -0.220. The minimum absolute atomic E-state index is 0.220. The number of rotatable bonds is 2. The second-order valence-corrected chi connectivity index (χ2v) is 4.92. The van der Waals surface area contributed by atoms with Gasteiger partial charge in [0.25, 0.3) is 6.29 Å². The molecule has 0 aliphatic carbocycles. The zero-order valence-corrected chi connectivity index (χ0v) is 10.6. The fourth-order valence-corrected chi connectivity index (χ4v) is 2.44. The van der Waals surface area contributed by atoms with Gasteiger partial charge in [-0.3, -0.25) is 4.90 Å².